The number of likely N-dealkylation sites (tertiary alicyclic amines) is 1. The molecule has 0 aliphatic carbocycles. The van der Waals surface area contributed by atoms with Gasteiger partial charge in [0.05, 0.1) is 5.75 Å². The molecule has 8 heteroatoms. The van der Waals surface area contributed by atoms with Crippen LogP contribution in [-0.4, -0.2) is 49.5 Å². The van der Waals surface area contributed by atoms with Gasteiger partial charge in [0.15, 0.2) is 4.34 Å². The quantitative estimate of drug-likeness (QED) is 0.809. The standard InChI is InChI=1S/C12H17N5OS2/c1-8-3-9(2)5-16(4-8)10(18)6-19-12-15-17-7-13-14-11(17)20-12/h7-9H,3-6H2,1-2H3. The molecule has 1 amide bonds. The molecule has 20 heavy (non-hydrogen) atoms. The second-order valence-electron chi connectivity index (χ2n) is 5.46. The Morgan fingerprint density at radius 2 is 2.20 bits per heavy atom. The molecule has 0 aromatic carbocycles. The second-order valence-corrected chi connectivity index (χ2v) is 7.64. The van der Waals surface area contributed by atoms with E-state index in [0.717, 1.165) is 22.4 Å². The van der Waals surface area contributed by atoms with Gasteiger partial charge in [-0.3, -0.25) is 4.79 Å². The Kier molecular flexibility index (Phi) is 3.93. The number of aromatic nitrogens is 4. The first-order valence-corrected chi connectivity index (χ1v) is 8.49. The molecule has 1 aliphatic heterocycles. The number of carbonyl (C=O) groups excluding carboxylic acids is 1. The fourth-order valence-electron chi connectivity index (χ4n) is 2.68. The predicted molar refractivity (Wildman–Crippen MR) is 78.9 cm³/mol. The Labute approximate surface area is 125 Å². The van der Waals surface area contributed by atoms with E-state index in [9.17, 15) is 4.79 Å². The molecule has 2 aromatic rings. The highest BCUT2D eigenvalue weighted by molar-refractivity contribution is 8.01. The zero-order valence-corrected chi connectivity index (χ0v) is 13.2. The van der Waals surface area contributed by atoms with E-state index in [4.69, 9.17) is 0 Å². The van der Waals surface area contributed by atoms with Crippen LogP contribution in [0.3, 0.4) is 0 Å². The topological polar surface area (TPSA) is 63.4 Å². The van der Waals surface area contributed by atoms with Gasteiger partial charge in [0.2, 0.25) is 10.9 Å². The van der Waals surface area contributed by atoms with Crippen LogP contribution in [0.1, 0.15) is 20.3 Å². The van der Waals surface area contributed by atoms with E-state index in [0.29, 0.717) is 17.6 Å². The van der Waals surface area contributed by atoms with Crippen LogP contribution in [-0.2, 0) is 4.79 Å². The van der Waals surface area contributed by atoms with Crippen LogP contribution in [0, 0.1) is 11.8 Å². The van der Waals surface area contributed by atoms with Gasteiger partial charge in [-0.25, -0.2) is 0 Å². The first kappa shape index (κ1) is 13.8. The highest BCUT2D eigenvalue weighted by Crippen LogP contribution is 2.26. The van der Waals surface area contributed by atoms with Crippen LogP contribution in [0.4, 0.5) is 0 Å². The summed E-state index contributed by atoms with van der Waals surface area (Å²) in [5.41, 5.74) is 0. The van der Waals surface area contributed by atoms with E-state index >= 15 is 0 Å². The monoisotopic (exact) mass is 311 g/mol. The van der Waals surface area contributed by atoms with Crippen molar-refractivity contribution in [1.29, 1.82) is 0 Å². The van der Waals surface area contributed by atoms with Crippen molar-refractivity contribution in [3.63, 3.8) is 0 Å². The van der Waals surface area contributed by atoms with Crippen LogP contribution in [0.5, 0.6) is 0 Å². The van der Waals surface area contributed by atoms with Crippen LogP contribution in [0.15, 0.2) is 10.7 Å². The maximum absolute atomic E-state index is 12.3. The normalized spacial score (nSPS) is 23.4. The van der Waals surface area contributed by atoms with Gasteiger partial charge in [-0.2, -0.15) is 4.52 Å². The zero-order chi connectivity index (χ0) is 14.1. The summed E-state index contributed by atoms with van der Waals surface area (Å²) in [5, 5.41) is 12.0. The number of thioether (sulfide) groups is 1. The van der Waals surface area contributed by atoms with E-state index in [-0.39, 0.29) is 5.91 Å². The summed E-state index contributed by atoms with van der Waals surface area (Å²) in [5.74, 6) is 1.85. The third-order valence-electron chi connectivity index (χ3n) is 3.41. The summed E-state index contributed by atoms with van der Waals surface area (Å²) >= 11 is 2.95. The molecular formula is C12H17N5OS2. The predicted octanol–water partition coefficient (Wildman–Crippen LogP) is 1.78. The highest BCUT2D eigenvalue weighted by Gasteiger charge is 2.25. The lowest BCUT2D eigenvalue weighted by Crippen LogP contribution is -2.43. The first-order valence-electron chi connectivity index (χ1n) is 6.69. The molecule has 0 saturated carbocycles. The molecule has 1 saturated heterocycles. The van der Waals surface area contributed by atoms with Crippen molar-refractivity contribution in [3.8, 4) is 0 Å². The number of fused-ring (bicyclic) bond motifs is 1. The van der Waals surface area contributed by atoms with Crippen molar-refractivity contribution >= 4 is 34.0 Å². The van der Waals surface area contributed by atoms with Crippen LogP contribution >= 0.6 is 23.1 Å². The number of hydrogen-bond donors (Lipinski definition) is 0. The smallest absolute Gasteiger partial charge is 0.235 e. The molecule has 108 valence electrons. The lowest BCUT2D eigenvalue weighted by Gasteiger charge is -2.34. The third kappa shape index (κ3) is 2.95. The maximum atomic E-state index is 12.3. The molecule has 2 atom stereocenters. The van der Waals surface area contributed by atoms with Crippen molar-refractivity contribution in [2.75, 3.05) is 18.8 Å². The van der Waals surface area contributed by atoms with E-state index in [2.05, 4.69) is 29.1 Å². The summed E-state index contributed by atoms with van der Waals surface area (Å²) < 4.78 is 2.50. The minimum Gasteiger partial charge on any atom is -0.341 e. The lowest BCUT2D eigenvalue weighted by atomic mass is 9.92. The van der Waals surface area contributed by atoms with Crippen molar-refractivity contribution in [1.82, 2.24) is 24.7 Å². The molecule has 0 spiro atoms. The lowest BCUT2D eigenvalue weighted by molar-refractivity contribution is -0.130. The molecule has 2 aromatic heterocycles. The number of hydrogen-bond acceptors (Lipinski definition) is 6. The minimum absolute atomic E-state index is 0.208. The number of carbonyl (C=O) groups is 1. The zero-order valence-electron chi connectivity index (χ0n) is 11.5. The Morgan fingerprint density at radius 1 is 1.45 bits per heavy atom. The number of rotatable bonds is 3. The Morgan fingerprint density at radius 3 is 2.90 bits per heavy atom. The Hall–Kier alpha value is -1.15. The third-order valence-corrected chi connectivity index (χ3v) is 5.44. The van der Waals surface area contributed by atoms with Gasteiger partial charge in [-0.1, -0.05) is 36.9 Å². The van der Waals surface area contributed by atoms with Gasteiger partial charge < -0.3 is 4.90 Å². The van der Waals surface area contributed by atoms with Gasteiger partial charge in [-0.05, 0) is 18.3 Å². The molecule has 6 nitrogen and oxygen atoms in total. The average Bonchev–Trinajstić information content (AvgIpc) is 2.95. The van der Waals surface area contributed by atoms with Gasteiger partial charge in [0, 0.05) is 13.1 Å². The van der Waals surface area contributed by atoms with E-state index in [1.807, 2.05) is 4.90 Å². The second kappa shape index (κ2) is 5.69. The molecule has 0 N–H and O–H groups in total. The number of piperidine rings is 1. The molecule has 1 fully saturated rings. The van der Waals surface area contributed by atoms with Gasteiger partial charge in [0.1, 0.15) is 6.33 Å². The average molecular weight is 311 g/mol. The molecular weight excluding hydrogens is 294 g/mol. The largest absolute Gasteiger partial charge is 0.341 e. The highest BCUT2D eigenvalue weighted by atomic mass is 32.2. The van der Waals surface area contributed by atoms with Gasteiger partial charge in [0.25, 0.3) is 0 Å². The van der Waals surface area contributed by atoms with Crippen molar-refractivity contribution < 1.29 is 4.79 Å². The summed E-state index contributed by atoms with van der Waals surface area (Å²) in [6.45, 7) is 6.20. The summed E-state index contributed by atoms with van der Waals surface area (Å²) in [7, 11) is 0. The summed E-state index contributed by atoms with van der Waals surface area (Å²) in [4.78, 5) is 15.0. The Bertz CT molecular complexity index is 571. The van der Waals surface area contributed by atoms with Crippen molar-refractivity contribution in [2.45, 2.75) is 24.6 Å². The molecule has 0 bridgehead atoms. The van der Waals surface area contributed by atoms with Crippen molar-refractivity contribution in [3.05, 3.63) is 6.33 Å². The fourth-order valence-corrected chi connectivity index (χ4v) is 4.45. The molecule has 2 unspecified atom stereocenters. The Balaban J connectivity index is 1.57. The van der Waals surface area contributed by atoms with Crippen LogP contribution in [0.2, 0.25) is 0 Å². The molecule has 3 rings (SSSR count). The first-order chi connectivity index (χ1) is 9.61. The molecule has 0 radical (unpaired) electrons. The SMILES string of the molecule is CC1CC(C)CN(C(=O)CSc2nn3cnnc3s2)C1. The van der Waals surface area contributed by atoms with Gasteiger partial charge >= 0.3 is 0 Å². The summed E-state index contributed by atoms with van der Waals surface area (Å²) in [6, 6.07) is 0. The van der Waals surface area contributed by atoms with Crippen LogP contribution < -0.4 is 0 Å². The van der Waals surface area contributed by atoms with E-state index in [1.165, 1.54) is 29.5 Å². The molecule has 1 aliphatic rings. The maximum Gasteiger partial charge on any atom is 0.235 e. The number of amides is 1. The summed E-state index contributed by atoms with van der Waals surface area (Å²) in [6.07, 6.45) is 2.79. The van der Waals surface area contributed by atoms with E-state index < -0.39 is 0 Å². The van der Waals surface area contributed by atoms with Crippen molar-refractivity contribution in [2.24, 2.45) is 11.8 Å². The minimum atomic E-state index is 0.208. The fraction of sp³-hybridized carbons (Fsp3) is 0.667. The van der Waals surface area contributed by atoms with E-state index in [1.54, 1.807) is 10.8 Å². The van der Waals surface area contributed by atoms with Gasteiger partial charge in [-0.15, -0.1) is 15.3 Å². The molecule has 3 heterocycles. The van der Waals surface area contributed by atoms with Crippen LogP contribution in [0.25, 0.3) is 4.96 Å². The number of nitrogens with zero attached hydrogens (tertiary/aromatic N) is 5.